The molecule has 0 radical (unpaired) electrons. The van der Waals surface area contributed by atoms with E-state index < -0.39 is 0 Å². The van der Waals surface area contributed by atoms with Crippen LogP contribution in [0.3, 0.4) is 0 Å². The minimum Gasteiger partial charge on any atom is -0.456 e. The van der Waals surface area contributed by atoms with Crippen LogP contribution < -0.4 is 4.57 Å². The second-order valence-corrected chi connectivity index (χ2v) is 17.5. The van der Waals surface area contributed by atoms with E-state index in [1.165, 1.54) is 107 Å². The Bertz CT molecular complexity index is 2150. The van der Waals surface area contributed by atoms with Gasteiger partial charge in [-0.1, -0.05) is 129 Å². The summed E-state index contributed by atoms with van der Waals surface area (Å²) in [5.74, 6) is 3.22. The van der Waals surface area contributed by atoms with Crippen molar-refractivity contribution in [3.05, 3.63) is 89.0 Å². The molecule has 2 fully saturated rings. The Hall–Kier alpha value is -3.43. The van der Waals surface area contributed by atoms with Crippen molar-refractivity contribution in [2.75, 3.05) is 7.11 Å². The molecule has 5 unspecified atom stereocenters. The summed E-state index contributed by atoms with van der Waals surface area (Å²) in [6.07, 6.45) is 10.4. The van der Waals surface area contributed by atoms with Crippen molar-refractivity contribution in [2.24, 2.45) is 23.2 Å². The SMILES string of the molecule is CCC(C)[C@@](C)(CC)CC(C1CCCCC1)C1(OC)C2c3ccc4c(c3-c3cc(C)c5ccccc5[n+]3C21)C(C)(C)c1c-4oc2ccccc12. The molecule has 3 heteroatoms. The van der Waals surface area contributed by atoms with Crippen LogP contribution in [0.2, 0.25) is 0 Å². The summed E-state index contributed by atoms with van der Waals surface area (Å²) in [6.45, 7) is 17.1. The van der Waals surface area contributed by atoms with Crippen LogP contribution in [-0.4, -0.2) is 12.7 Å². The highest BCUT2D eigenvalue weighted by atomic mass is 16.5. The molecule has 3 heterocycles. The number of nitrogens with zero attached hydrogens (tertiary/aromatic N) is 1. The molecule has 9 rings (SSSR count). The largest absolute Gasteiger partial charge is 0.456 e. The zero-order valence-corrected chi connectivity index (χ0v) is 31.7. The molecule has 260 valence electrons. The topological polar surface area (TPSA) is 26.2 Å². The molecule has 4 aliphatic rings. The number of benzene rings is 3. The molecular formula is C47H56NO2+. The summed E-state index contributed by atoms with van der Waals surface area (Å²) in [7, 11) is 2.06. The number of ether oxygens (including phenoxy) is 1. The van der Waals surface area contributed by atoms with Gasteiger partial charge in [-0.25, -0.2) is 0 Å². The second kappa shape index (κ2) is 11.3. The van der Waals surface area contributed by atoms with E-state index in [-0.39, 0.29) is 22.5 Å². The van der Waals surface area contributed by atoms with Crippen LogP contribution in [0, 0.1) is 30.1 Å². The number of aromatic nitrogens is 1. The van der Waals surface area contributed by atoms with E-state index in [1.54, 1.807) is 0 Å². The Balaban J connectivity index is 1.33. The van der Waals surface area contributed by atoms with E-state index in [0.29, 0.717) is 23.7 Å². The van der Waals surface area contributed by atoms with Crippen LogP contribution in [0.25, 0.3) is 44.5 Å². The highest BCUT2D eigenvalue weighted by molar-refractivity contribution is 5.98. The van der Waals surface area contributed by atoms with Crippen LogP contribution in [0.4, 0.5) is 0 Å². The van der Waals surface area contributed by atoms with Crippen molar-refractivity contribution < 1.29 is 13.7 Å². The molecule has 3 aliphatic carbocycles. The Labute approximate surface area is 299 Å². The number of pyridine rings is 1. The summed E-state index contributed by atoms with van der Waals surface area (Å²) in [5.41, 5.74) is 11.8. The molecule has 0 N–H and O–H groups in total. The summed E-state index contributed by atoms with van der Waals surface area (Å²) >= 11 is 0. The summed E-state index contributed by atoms with van der Waals surface area (Å²) in [5, 5.41) is 2.60. The first-order valence-electron chi connectivity index (χ1n) is 19.8. The second-order valence-electron chi connectivity index (χ2n) is 17.5. The van der Waals surface area contributed by atoms with Gasteiger partial charge in [0.05, 0.1) is 11.5 Å². The first-order valence-corrected chi connectivity index (χ1v) is 19.8. The van der Waals surface area contributed by atoms with Crippen molar-refractivity contribution in [1.82, 2.24) is 0 Å². The van der Waals surface area contributed by atoms with Gasteiger partial charge in [0, 0.05) is 46.6 Å². The fraction of sp³-hybridized carbons (Fsp3) is 0.511. The molecule has 0 saturated heterocycles. The number of furan rings is 1. The average molecular weight is 667 g/mol. The first kappa shape index (κ1) is 32.5. The van der Waals surface area contributed by atoms with E-state index >= 15 is 0 Å². The lowest BCUT2D eigenvalue weighted by molar-refractivity contribution is -0.674. The molecule has 2 saturated carbocycles. The maximum absolute atomic E-state index is 7.24. The first-order chi connectivity index (χ1) is 24.1. The zero-order chi connectivity index (χ0) is 34.7. The van der Waals surface area contributed by atoms with Crippen molar-refractivity contribution in [3.8, 4) is 22.6 Å². The third-order valence-electron chi connectivity index (χ3n) is 15.0. The maximum Gasteiger partial charge on any atom is 0.214 e. The fourth-order valence-corrected chi connectivity index (χ4v) is 11.9. The lowest BCUT2D eigenvalue weighted by atomic mass is 9.63. The predicted molar refractivity (Wildman–Crippen MR) is 206 cm³/mol. The van der Waals surface area contributed by atoms with Gasteiger partial charge >= 0.3 is 0 Å². The van der Waals surface area contributed by atoms with Gasteiger partial charge in [-0.2, -0.15) is 4.57 Å². The van der Waals surface area contributed by atoms with Crippen LogP contribution >= 0.6 is 0 Å². The lowest BCUT2D eigenvalue weighted by Gasteiger charge is -2.44. The molecule has 6 atom stereocenters. The van der Waals surface area contributed by atoms with Crippen molar-refractivity contribution >= 4 is 21.9 Å². The van der Waals surface area contributed by atoms with E-state index in [4.69, 9.17) is 9.15 Å². The molecule has 0 spiro atoms. The molecular weight excluding hydrogens is 611 g/mol. The number of hydrogen-bond donors (Lipinski definition) is 0. The van der Waals surface area contributed by atoms with Gasteiger partial charge < -0.3 is 9.15 Å². The number of aryl methyl sites for hydroxylation is 1. The van der Waals surface area contributed by atoms with Gasteiger partial charge in [0.15, 0.2) is 6.04 Å². The molecule has 0 amide bonds. The van der Waals surface area contributed by atoms with Gasteiger partial charge in [0.1, 0.15) is 16.9 Å². The van der Waals surface area contributed by atoms with Crippen LogP contribution in [-0.2, 0) is 10.2 Å². The zero-order valence-electron chi connectivity index (χ0n) is 31.7. The highest BCUT2D eigenvalue weighted by Crippen LogP contribution is 2.72. The van der Waals surface area contributed by atoms with E-state index in [0.717, 1.165) is 11.3 Å². The summed E-state index contributed by atoms with van der Waals surface area (Å²) in [4.78, 5) is 0. The van der Waals surface area contributed by atoms with E-state index in [1.807, 2.05) is 0 Å². The van der Waals surface area contributed by atoms with Crippen molar-refractivity contribution in [3.63, 3.8) is 0 Å². The maximum atomic E-state index is 7.24. The summed E-state index contributed by atoms with van der Waals surface area (Å²) < 4.78 is 16.7. The standard InChI is InChI=1S/C47H56NO2/c1-9-29(4)46(7,10-2)27-35(30-18-12-11-13-19-30)47(49-8)42-33-24-25-34-40(45(5,6)41-32-21-15-17-23-38(32)50-43(34)41)39(33)37-26-28(3)31-20-14-16-22-36(31)48(37)44(42)47/h14-17,20-26,29-30,35,42,44H,9-13,18-19,27H2,1-8H3/q+1/t29?,35?,42?,44?,46-,47?/m0/s1. The van der Waals surface area contributed by atoms with Crippen LogP contribution in [0.5, 0.6) is 0 Å². The number of fused-ring (bicyclic) bond motifs is 14. The smallest absolute Gasteiger partial charge is 0.214 e. The van der Waals surface area contributed by atoms with Gasteiger partial charge in [-0.05, 0) is 65.3 Å². The van der Waals surface area contributed by atoms with Gasteiger partial charge in [-0.3, -0.25) is 0 Å². The monoisotopic (exact) mass is 666 g/mol. The Kier molecular flexibility index (Phi) is 7.33. The fourth-order valence-electron chi connectivity index (χ4n) is 11.9. The van der Waals surface area contributed by atoms with Crippen molar-refractivity contribution in [1.29, 1.82) is 0 Å². The molecule has 1 aliphatic heterocycles. The van der Waals surface area contributed by atoms with Crippen LogP contribution in [0.15, 0.2) is 71.1 Å². The molecule has 50 heavy (non-hydrogen) atoms. The number of para-hydroxylation sites is 2. The minimum atomic E-state index is -0.259. The van der Waals surface area contributed by atoms with Gasteiger partial charge in [-0.15, -0.1) is 0 Å². The number of rotatable bonds is 8. The van der Waals surface area contributed by atoms with Crippen molar-refractivity contribution in [2.45, 2.75) is 123 Å². The average Bonchev–Trinajstić information content (AvgIpc) is 3.55. The quantitative estimate of drug-likeness (QED) is 0.154. The molecule has 5 aromatic rings. The van der Waals surface area contributed by atoms with Crippen LogP contribution in [0.1, 0.15) is 127 Å². The lowest BCUT2D eigenvalue weighted by Crippen LogP contribution is -2.46. The number of methoxy groups -OCH3 is 1. The normalized spacial score (nSPS) is 25.7. The Morgan fingerprint density at radius 1 is 0.940 bits per heavy atom. The molecule has 0 bridgehead atoms. The van der Waals surface area contributed by atoms with Gasteiger partial charge in [0.25, 0.3) is 0 Å². The third-order valence-corrected chi connectivity index (χ3v) is 15.0. The Morgan fingerprint density at radius 2 is 1.66 bits per heavy atom. The Morgan fingerprint density at radius 3 is 2.38 bits per heavy atom. The number of hydrogen-bond acceptors (Lipinski definition) is 2. The predicted octanol–water partition coefficient (Wildman–Crippen LogP) is 12.2. The molecule has 3 nitrogen and oxygen atoms in total. The summed E-state index contributed by atoms with van der Waals surface area (Å²) in [6, 6.07) is 25.5. The third kappa shape index (κ3) is 4.16. The highest BCUT2D eigenvalue weighted by Gasteiger charge is 2.80. The molecule has 2 aromatic heterocycles. The van der Waals surface area contributed by atoms with Gasteiger partial charge in [0.2, 0.25) is 11.2 Å². The molecule has 3 aromatic carbocycles. The van der Waals surface area contributed by atoms with E-state index in [9.17, 15) is 0 Å². The van der Waals surface area contributed by atoms with E-state index in [2.05, 4.69) is 127 Å². The minimum absolute atomic E-state index is 0.211.